The van der Waals surface area contributed by atoms with Gasteiger partial charge in [-0.2, -0.15) is 0 Å². The molecule has 1 aromatic carbocycles. The molecule has 19 heavy (non-hydrogen) atoms. The van der Waals surface area contributed by atoms with E-state index < -0.39 is 11.6 Å². The van der Waals surface area contributed by atoms with E-state index in [0.717, 1.165) is 6.07 Å². The summed E-state index contributed by atoms with van der Waals surface area (Å²) in [5, 5.41) is 3.06. The summed E-state index contributed by atoms with van der Waals surface area (Å²) in [5.41, 5.74) is 0.538. The summed E-state index contributed by atoms with van der Waals surface area (Å²) in [7, 11) is 0. The van der Waals surface area contributed by atoms with Crippen LogP contribution in [-0.2, 0) is 6.42 Å². The number of hydrogen-bond donors (Lipinski definition) is 1. The van der Waals surface area contributed by atoms with Gasteiger partial charge in [0.2, 0.25) is 0 Å². The quantitative estimate of drug-likeness (QED) is 0.918. The number of nitrogens with one attached hydrogen (secondary N) is 1. The minimum atomic E-state index is -0.884. The standard InChI is InChI=1S/C14H15F2N3/c1-3-12-18-11(8-13(19-12)17-4-2)9-6-5-7-10(15)14(9)16/h5-8H,3-4H2,1-2H3,(H,17,18,19). The molecular formula is C14H15F2N3. The fraction of sp³-hybridized carbons (Fsp3) is 0.286. The molecular weight excluding hydrogens is 248 g/mol. The number of nitrogens with zero attached hydrogens (tertiary/aromatic N) is 2. The van der Waals surface area contributed by atoms with Crippen molar-refractivity contribution in [1.29, 1.82) is 0 Å². The third-order valence-electron chi connectivity index (χ3n) is 2.67. The van der Waals surface area contributed by atoms with Gasteiger partial charge in [0.05, 0.1) is 5.69 Å². The van der Waals surface area contributed by atoms with Gasteiger partial charge in [0.25, 0.3) is 0 Å². The van der Waals surface area contributed by atoms with Crippen molar-refractivity contribution in [2.24, 2.45) is 0 Å². The van der Waals surface area contributed by atoms with Gasteiger partial charge in [-0.3, -0.25) is 0 Å². The van der Waals surface area contributed by atoms with Gasteiger partial charge in [-0.1, -0.05) is 13.0 Å². The third-order valence-corrected chi connectivity index (χ3v) is 2.67. The molecule has 0 saturated carbocycles. The number of benzene rings is 1. The lowest BCUT2D eigenvalue weighted by Crippen LogP contribution is -2.04. The summed E-state index contributed by atoms with van der Waals surface area (Å²) in [6.07, 6.45) is 0.628. The number of aromatic nitrogens is 2. The van der Waals surface area contributed by atoms with Crippen molar-refractivity contribution in [2.45, 2.75) is 20.3 Å². The van der Waals surface area contributed by atoms with Gasteiger partial charge in [0.1, 0.15) is 11.6 Å². The number of rotatable bonds is 4. The zero-order valence-corrected chi connectivity index (χ0v) is 10.9. The van der Waals surface area contributed by atoms with Gasteiger partial charge in [0, 0.05) is 24.6 Å². The number of halogens is 2. The van der Waals surface area contributed by atoms with E-state index in [4.69, 9.17) is 0 Å². The van der Waals surface area contributed by atoms with Gasteiger partial charge >= 0.3 is 0 Å². The zero-order valence-electron chi connectivity index (χ0n) is 10.9. The molecule has 3 nitrogen and oxygen atoms in total. The van der Waals surface area contributed by atoms with Crippen LogP contribution in [0.5, 0.6) is 0 Å². The Balaban J connectivity index is 2.54. The molecule has 0 bridgehead atoms. The molecule has 1 heterocycles. The van der Waals surface area contributed by atoms with Crippen molar-refractivity contribution in [3.05, 3.63) is 41.7 Å². The molecule has 0 saturated heterocycles. The number of aryl methyl sites for hydroxylation is 1. The summed E-state index contributed by atoms with van der Waals surface area (Å²) in [6.45, 7) is 4.55. The summed E-state index contributed by atoms with van der Waals surface area (Å²) < 4.78 is 27.0. The Morgan fingerprint density at radius 2 is 1.95 bits per heavy atom. The molecule has 0 amide bonds. The van der Waals surface area contributed by atoms with Crippen molar-refractivity contribution < 1.29 is 8.78 Å². The van der Waals surface area contributed by atoms with Crippen molar-refractivity contribution >= 4 is 5.82 Å². The summed E-state index contributed by atoms with van der Waals surface area (Å²) in [5.74, 6) is -0.546. The van der Waals surface area contributed by atoms with Crippen LogP contribution in [0.1, 0.15) is 19.7 Å². The smallest absolute Gasteiger partial charge is 0.168 e. The number of hydrogen-bond acceptors (Lipinski definition) is 3. The van der Waals surface area contributed by atoms with Crippen LogP contribution < -0.4 is 5.32 Å². The molecule has 5 heteroatoms. The molecule has 0 atom stereocenters. The molecule has 0 spiro atoms. The second-order valence-electron chi connectivity index (χ2n) is 4.04. The second-order valence-corrected chi connectivity index (χ2v) is 4.04. The summed E-state index contributed by atoms with van der Waals surface area (Å²) >= 11 is 0. The van der Waals surface area contributed by atoms with E-state index in [1.807, 2.05) is 13.8 Å². The lowest BCUT2D eigenvalue weighted by molar-refractivity contribution is 0.511. The first-order valence-corrected chi connectivity index (χ1v) is 6.22. The lowest BCUT2D eigenvalue weighted by Gasteiger charge is -2.09. The molecule has 0 aliphatic rings. The minimum absolute atomic E-state index is 0.149. The van der Waals surface area contributed by atoms with Gasteiger partial charge in [0.15, 0.2) is 11.6 Å². The Kier molecular flexibility index (Phi) is 4.04. The van der Waals surface area contributed by atoms with Crippen molar-refractivity contribution in [3.8, 4) is 11.3 Å². The van der Waals surface area contributed by atoms with E-state index in [1.54, 1.807) is 6.07 Å². The van der Waals surface area contributed by atoms with E-state index in [-0.39, 0.29) is 5.56 Å². The fourth-order valence-electron chi connectivity index (χ4n) is 1.77. The van der Waals surface area contributed by atoms with Crippen LogP contribution in [0.3, 0.4) is 0 Å². The summed E-state index contributed by atoms with van der Waals surface area (Å²) in [6, 6.07) is 5.69. The van der Waals surface area contributed by atoms with Crippen LogP contribution in [0.4, 0.5) is 14.6 Å². The molecule has 0 fully saturated rings. The third kappa shape index (κ3) is 2.86. The average molecular weight is 263 g/mol. The van der Waals surface area contributed by atoms with Crippen molar-refractivity contribution in [1.82, 2.24) is 9.97 Å². The van der Waals surface area contributed by atoms with Crippen LogP contribution in [-0.4, -0.2) is 16.5 Å². The maximum atomic E-state index is 13.8. The van der Waals surface area contributed by atoms with Gasteiger partial charge < -0.3 is 5.32 Å². The van der Waals surface area contributed by atoms with Gasteiger partial charge in [-0.25, -0.2) is 18.7 Å². The SMILES string of the molecule is CCNc1cc(-c2cccc(F)c2F)nc(CC)n1. The topological polar surface area (TPSA) is 37.8 Å². The van der Waals surface area contributed by atoms with Crippen LogP contribution in [0.2, 0.25) is 0 Å². The highest BCUT2D eigenvalue weighted by molar-refractivity contribution is 5.63. The fourth-order valence-corrected chi connectivity index (χ4v) is 1.77. The molecule has 2 aromatic rings. The van der Waals surface area contributed by atoms with Crippen molar-refractivity contribution in [3.63, 3.8) is 0 Å². The Morgan fingerprint density at radius 1 is 1.16 bits per heavy atom. The van der Waals surface area contributed by atoms with Gasteiger partial charge in [-0.05, 0) is 19.1 Å². The first-order chi connectivity index (χ1) is 9.15. The van der Waals surface area contributed by atoms with E-state index >= 15 is 0 Å². The molecule has 1 N–H and O–H groups in total. The van der Waals surface area contributed by atoms with Crippen LogP contribution in [0, 0.1) is 11.6 Å². The summed E-state index contributed by atoms with van der Waals surface area (Å²) in [4.78, 5) is 8.53. The van der Waals surface area contributed by atoms with E-state index in [9.17, 15) is 8.78 Å². The van der Waals surface area contributed by atoms with Crippen LogP contribution in [0.15, 0.2) is 24.3 Å². The Bertz CT molecular complexity index is 585. The normalized spacial score (nSPS) is 10.5. The Morgan fingerprint density at radius 3 is 2.63 bits per heavy atom. The first-order valence-electron chi connectivity index (χ1n) is 6.22. The van der Waals surface area contributed by atoms with Gasteiger partial charge in [-0.15, -0.1) is 0 Å². The Labute approximate surface area is 110 Å². The second kappa shape index (κ2) is 5.73. The van der Waals surface area contributed by atoms with E-state index in [0.29, 0.717) is 30.3 Å². The maximum Gasteiger partial charge on any atom is 0.168 e. The van der Waals surface area contributed by atoms with Crippen molar-refractivity contribution in [2.75, 3.05) is 11.9 Å². The highest BCUT2D eigenvalue weighted by Gasteiger charge is 2.13. The average Bonchev–Trinajstić information content (AvgIpc) is 2.42. The molecule has 2 rings (SSSR count). The van der Waals surface area contributed by atoms with E-state index in [1.165, 1.54) is 12.1 Å². The molecule has 0 aliphatic heterocycles. The Hall–Kier alpha value is -2.04. The highest BCUT2D eigenvalue weighted by Crippen LogP contribution is 2.24. The molecule has 100 valence electrons. The van der Waals surface area contributed by atoms with Crippen LogP contribution >= 0.6 is 0 Å². The molecule has 0 aliphatic carbocycles. The maximum absolute atomic E-state index is 13.8. The highest BCUT2D eigenvalue weighted by atomic mass is 19.2. The first kappa shape index (κ1) is 13.4. The lowest BCUT2D eigenvalue weighted by atomic mass is 10.1. The predicted octanol–water partition coefficient (Wildman–Crippen LogP) is 3.42. The molecule has 1 aromatic heterocycles. The molecule has 0 unspecified atom stereocenters. The monoisotopic (exact) mass is 263 g/mol. The predicted molar refractivity (Wildman–Crippen MR) is 70.9 cm³/mol. The van der Waals surface area contributed by atoms with Crippen LogP contribution in [0.25, 0.3) is 11.3 Å². The van der Waals surface area contributed by atoms with E-state index in [2.05, 4.69) is 15.3 Å². The molecule has 0 radical (unpaired) electrons. The largest absolute Gasteiger partial charge is 0.370 e. The minimum Gasteiger partial charge on any atom is -0.370 e. The zero-order chi connectivity index (χ0) is 13.8. The number of anilines is 1.